The molecule has 1 saturated heterocycles. The van der Waals surface area contributed by atoms with Crippen LogP contribution in [0.3, 0.4) is 0 Å². The van der Waals surface area contributed by atoms with Crippen LogP contribution in [0.4, 0.5) is 10.5 Å². The largest absolute Gasteiger partial charge is 0.325 e. The molecule has 29 heavy (non-hydrogen) atoms. The lowest BCUT2D eigenvalue weighted by Crippen LogP contribution is -2.44. The van der Waals surface area contributed by atoms with E-state index in [-0.39, 0.29) is 12.5 Å². The van der Waals surface area contributed by atoms with E-state index in [2.05, 4.69) is 15.7 Å². The molecule has 154 valence electrons. The number of hydrogen-bond donors (Lipinski definition) is 2. The Kier molecular flexibility index (Phi) is 5.72. The van der Waals surface area contributed by atoms with Crippen molar-refractivity contribution in [3.05, 3.63) is 41.7 Å². The van der Waals surface area contributed by atoms with E-state index in [9.17, 15) is 14.4 Å². The number of anilines is 1. The molecule has 1 aromatic carbocycles. The molecule has 8 nitrogen and oxygen atoms in total. The minimum atomic E-state index is -0.947. The van der Waals surface area contributed by atoms with E-state index in [0.29, 0.717) is 17.8 Å². The summed E-state index contributed by atoms with van der Waals surface area (Å²) in [6, 6.07) is 9.07. The highest BCUT2D eigenvalue weighted by molar-refractivity contribution is 6.10. The van der Waals surface area contributed by atoms with E-state index in [1.807, 2.05) is 44.2 Å². The predicted molar refractivity (Wildman–Crippen MR) is 110 cm³/mol. The molecule has 0 saturated carbocycles. The first-order chi connectivity index (χ1) is 13.8. The van der Waals surface area contributed by atoms with E-state index in [0.717, 1.165) is 29.1 Å². The Hall–Kier alpha value is -3.16. The fourth-order valence-electron chi connectivity index (χ4n) is 3.56. The zero-order valence-electron chi connectivity index (χ0n) is 17.3. The minimum absolute atomic E-state index is 0.332. The Morgan fingerprint density at radius 1 is 1.21 bits per heavy atom. The van der Waals surface area contributed by atoms with E-state index >= 15 is 0 Å². The first-order valence-corrected chi connectivity index (χ1v) is 9.82. The number of carbonyl (C=O) groups excluding carboxylic acids is 3. The number of nitrogens with one attached hydrogen (secondary N) is 2. The van der Waals surface area contributed by atoms with Crippen molar-refractivity contribution >= 4 is 23.5 Å². The van der Waals surface area contributed by atoms with Crippen LogP contribution in [0.25, 0.3) is 5.69 Å². The van der Waals surface area contributed by atoms with Gasteiger partial charge in [0.05, 0.1) is 22.8 Å². The molecule has 0 aliphatic carbocycles. The fourth-order valence-corrected chi connectivity index (χ4v) is 3.56. The van der Waals surface area contributed by atoms with Gasteiger partial charge in [-0.15, -0.1) is 0 Å². The van der Waals surface area contributed by atoms with Crippen LogP contribution in [-0.4, -0.2) is 44.6 Å². The molecule has 2 heterocycles. The highest BCUT2D eigenvalue weighted by atomic mass is 16.2. The second-order valence-electron chi connectivity index (χ2n) is 7.60. The number of aromatic nitrogens is 2. The summed E-state index contributed by atoms with van der Waals surface area (Å²) in [6.45, 7) is 7.06. The van der Waals surface area contributed by atoms with Crippen molar-refractivity contribution in [2.24, 2.45) is 0 Å². The Labute approximate surface area is 170 Å². The Morgan fingerprint density at radius 2 is 1.90 bits per heavy atom. The monoisotopic (exact) mass is 397 g/mol. The fraction of sp³-hybridized carbons (Fsp3) is 0.429. The number of para-hydroxylation sites is 1. The maximum atomic E-state index is 12.7. The maximum Gasteiger partial charge on any atom is 0.325 e. The minimum Gasteiger partial charge on any atom is -0.323 e. The molecule has 0 spiro atoms. The van der Waals surface area contributed by atoms with Gasteiger partial charge in [-0.3, -0.25) is 14.5 Å². The predicted octanol–water partition coefficient (Wildman–Crippen LogP) is 2.93. The molecular weight excluding hydrogens is 370 g/mol. The van der Waals surface area contributed by atoms with Gasteiger partial charge >= 0.3 is 6.03 Å². The zero-order valence-corrected chi connectivity index (χ0v) is 17.3. The van der Waals surface area contributed by atoms with Crippen molar-refractivity contribution in [2.75, 3.05) is 11.9 Å². The quantitative estimate of drug-likeness (QED) is 0.702. The molecule has 2 N–H and O–H groups in total. The SMILES string of the molecule is CCCC[C@]1(C)NC(=O)N(CC(=O)Nc2c(C)nn(-c3ccccc3)c2C)C1=O. The van der Waals surface area contributed by atoms with Gasteiger partial charge in [0.25, 0.3) is 5.91 Å². The van der Waals surface area contributed by atoms with Gasteiger partial charge in [-0.1, -0.05) is 38.0 Å². The second-order valence-corrected chi connectivity index (χ2v) is 7.60. The Bertz CT molecular complexity index is 937. The lowest BCUT2D eigenvalue weighted by atomic mass is 9.95. The Balaban J connectivity index is 1.73. The average Bonchev–Trinajstić information content (AvgIpc) is 3.09. The lowest BCUT2D eigenvalue weighted by molar-refractivity contribution is -0.133. The normalized spacial score (nSPS) is 18.8. The summed E-state index contributed by atoms with van der Waals surface area (Å²) in [4.78, 5) is 38.6. The molecule has 1 aliphatic heterocycles. The number of rotatable bonds is 7. The number of amides is 4. The van der Waals surface area contributed by atoms with Gasteiger partial charge in [0.2, 0.25) is 5.91 Å². The number of aryl methyl sites for hydroxylation is 1. The number of carbonyl (C=O) groups is 3. The summed E-state index contributed by atoms with van der Waals surface area (Å²) in [6.07, 6.45) is 2.29. The summed E-state index contributed by atoms with van der Waals surface area (Å²) in [5.74, 6) is -0.799. The summed E-state index contributed by atoms with van der Waals surface area (Å²) < 4.78 is 1.75. The van der Waals surface area contributed by atoms with Crippen molar-refractivity contribution in [1.82, 2.24) is 20.0 Å². The third-order valence-electron chi connectivity index (χ3n) is 5.23. The van der Waals surface area contributed by atoms with Gasteiger partial charge in [0.1, 0.15) is 12.1 Å². The summed E-state index contributed by atoms with van der Waals surface area (Å²) >= 11 is 0. The number of imide groups is 1. The summed E-state index contributed by atoms with van der Waals surface area (Å²) in [7, 11) is 0. The highest BCUT2D eigenvalue weighted by Gasteiger charge is 2.47. The number of hydrogen-bond acceptors (Lipinski definition) is 4. The van der Waals surface area contributed by atoms with Crippen LogP contribution in [0.2, 0.25) is 0 Å². The lowest BCUT2D eigenvalue weighted by Gasteiger charge is -2.21. The highest BCUT2D eigenvalue weighted by Crippen LogP contribution is 2.25. The molecule has 1 atom stereocenters. The standard InChI is InChI=1S/C21H27N5O3/c1-5-6-12-21(4)19(28)25(20(29)23-21)13-17(27)22-18-14(2)24-26(15(18)3)16-10-8-7-9-11-16/h7-11H,5-6,12-13H2,1-4H3,(H,22,27)(H,23,29)/t21-/m0/s1. The van der Waals surface area contributed by atoms with E-state index in [4.69, 9.17) is 0 Å². The van der Waals surface area contributed by atoms with Gasteiger partial charge in [-0.05, 0) is 39.3 Å². The van der Waals surface area contributed by atoms with Crippen LogP contribution >= 0.6 is 0 Å². The second kappa shape index (κ2) is 8.06. The first kappa shape index (κ1) is 20.6. The maximum absolute atomic E-state index is 12.7. The van der Waals surface area contributed by atoms with Crippen molar-refractivity contribution in [3.63, 3.8) is 0 Å². The topological polar surface area (TPSA) is 96.3 Å². The molecule has 0 bridgehead atoms. The van der Waals surface area contributed by atoms with Crippen molar-refractivity contribution in [3.8, 4) is 5.69 Å². The number of urea groups is 1. The molecule has 2 aromatic rings. The molecule has 0 unspecified atom stereocenters. The molecule has 1 aromatic heterocycles. The van der Waals surface area contributed by atoms with Gasteiger partial charge in [0, 0.05) is 0 Å². The Morgan fingerprint density at radius 3 is 2.55 bits per heavy atom. The van der Waals surface area contributed by atoms with E-state index < -0.39 is 17.5 Å². The van der Waals surface area contributed by atoms with Gasteiger partial charge < -0.3 is 10.6 Å². The molecule has 1 aliphatic rings. The third-order valence-corrected chi connectivity index (χ3v) is 5.23. The molecule has 0 radical (unpaired) electrons. The van der Waals surface area contributed by atoms with E-state index in [1.54, 1.807) is 18.5 Å². The first-order valence-electron chi connectivity index (χ1n) is 9.82. The van der Waals surface area contributed by atoms with Crippen LogP contribution in [0.15, 0.2) is 30.3 Å². The van der Waals surface area contributed by atoms with Crippen LogP contribution in [0.5, 0.6) is 0 Å². The van der Waals surface area contributed by atoms with Crippen LogP contribution in [0, 0.1) is 13.8 Å². The summed E-state index contributed by atoms with van der Waals surface area (Å²) in [5.41, 5.74) is 1.95. The number of unbranched alkanes of at least 4 members (excludes halogenated alkanes) is 1. The van der Waals surface area contributed by atoms with Gasteiger partial charge in [-0.2, -0.15) is 5.10 Å². The molecule has 8 heteroatoms. The van der Waals surface area contributed by atoms with Crippen molar-refractivity contribution in [2.45, 2.75) is 52.5 Å². The zero-order chi connectivity index (χ0) is 21.2. The van der Waals surface area contributed by atoms with Gasteiger partial charge in [-0.25, -0.2) is 9.48 Å². The van der Waals surface area contributed by atoms with Crippen LogP contribution in [0.1, 0.15) is 44.5 Å². The average molecular weight is 397 g/mol. The van der Waals surface area contributed by atoms with Crippen molar-refractivity contribution < 1.29 is 14.4 Å². The van der Waals surface area contributed by atoms with Crippen LogP contribution in [-0.2, 0) is 9.59 Å². The smallest absolute Gasteiger partial charge is 0.323 e. The number of nitrogens with zero attached hydrogens (tertiary/aromatic N) is 3. The molecule has 3 rings (SSSR count). The molecule has 1 fully saturated rings. The van der Waals surface area contributed by atoms with Crippen molar-refractivity contribution in [1.29, 1.82) is 0 Å². The third kappa shape index (κ3) is 4.01. The molecular formula is C21H27N5O3. The van der Waals surface area contributed by atoms with Gasteiger partial charge in [0.15, 0.2) is 0 Å². The van der Waals surface area contributed by atoms with Crippen LogP contribution < -0.4 is 10.6 Å². The number of benzene rings is 1. The van der Waals surface area contributed by atoms with E-state index in [1.165, 1.54) is 0 Å². The molecule has 4 amide bonds. The summed E-state index contributed by atoms with van der Waals surface area (Å²) in [5, 5.41) is 10.0.